The van der Waals surface area contributed by atoms with Crippen molar-refractivity contribution >= 4 is 22.9 Å². The van der Waals surface area contributed by atoms with Crippen molar-refractivity contribution in [3.8, 4) is 0 Å². The summed E-state index contributed by atoms with van der Waals surface area (Å²) in [6.45, 7) is 1.56. The van der Waals surface area contributed by atoms with Crippen LogP contribution in [0, 0.1) is 23.7 Å². The molecule has 3 aromatic rings. The van der Waals surface area contributed by atoms with Gasteiger partial charge < -0.3 is 20.5 Å². The summed E-state index contributed by atoms with van der Waals surface area (Å²) >= 11 is 0. The SMILES string of the molecule is CC(Cc1c[nH]c2ccccc12)(C(=O)NC(CO)Cc1ccccc1)N(C(=O)O)C1C2CC3CC(C2)CC1C3. The standard InChI is InChI=1S/C32H39N3O4/c1-32(17-25-18-33-28-10-6-5-9-27(25)28,30(37)34-26(19-36)16-20-7-3-2-4-8-20)35(31(38)39)29-23-12-21-11-22(14-23)15-24(29)13-21/h2-10,18,21-24,26,29,33,36H,11-17,19H2,1H3,(H,34,37)(H,38,39). The van der Waals surface area contributed by atoms with Crippen molar-refractivity contribution in [2.45, 2.75) is 69.5 Å². The first kappa shape index (κ1) is 25.9. The molecule has 4 aliphatic carbocycles. The van der Waals surface area contributed by atoms with Gasteiger partial charge in [-0.05, 0) is 86.3 Å². The Morgan fingerprint density at radius 1 is 1.00 bits per heavy atom. The number of hydrogen-bond donors (Lipinski definition) is 4. The fourth-order valence-electron chi connectivity index (χ4n) is 8.31. The van der Waals surface area contributed by atoms with Crippen molar-refractivity contribution in [2.24, 2.45) is 23.7 Å². The van der Waals surface area contributed by atoms with E-state index in [1.165, 1.54) is 11.3 Å². The molecule has 4 fully saturated rings. The molecule has 39 heavy (non-hydrogen) atoms. The van der Waals surface area contributed by atoms with Crippen LogP contribution in [-0.2, 0) is 17.6 Å². The molecule has 7 rings (SSSR count). The maximum atomic E-state index is 14.3. The van der Waals surface area contributed by atoms with Gasteiger partial charge >= 0.3 is 6.09 Å². The van der Waals surface area contributed by atoms with Crippen LogP contribution >= 0.6 is 0 Å². The highest BCUT2D eigenvalue weighted by atomic mass is 16.4. The number of carbonyl (C=O) groups excluding carboxylic acids is 1. The first-order chi connectivity index (χ1) is 18.9. The maximum Gasteiger partial charge on any atom is 0.408 e. The predicted octanol–water partition coefficient (Wildman–Crippen LogP) is 4.99. The van der Waals surface area contributed by atoms with Gasteiger partial charge in [-0.15, -0.1) is 0 Å². The highest BCUT2D eigenvalue weighted by Gasteiger charge is 2.56. The zero-order valence-corrected chi connectivity index (χ0v) is 22.6. The summed E-state index contributed by atoms with van der Waals surface area (Å²) in [7, 11) is 0. The molecular weight excluding hydrogens is 490 g/mol. The smallest absolute Gasteiger partial charge is 0.408 e. The van der Waals surface area contributed by atoms with Crippen molar-refractivity contribution in [1.82, 2.24) is 15.2 Å². The molecule has 2 amide bonds. The molecule has 4 N–H and O–H groups in total. The molecule has 4 saturated carbocycles. The number of rotatable bonds is 9. The number of benzene rings is 2. The third-order valence-electron chi connectivity index (χ3n) is 9.79. The van der Waals surface area contributed by atoms with Crippen molar-refractivity contribution < 1.29 is 19.8 Å². The van der Waals surface area contributed by atoms with Crippen LogP contribution in [0.1, 0.15) is 50.2 Å². The summed E-state index contributed by atoms with van der Waals surface area (Å²) < 4.78 is 0. The first-order valence-corrected chi connectivity index (χ1v) is 14.4. The number of hydrogen-bond acceptors (Lipinski definition) is 3. The van der Waals surface area contributed by atoms with Crippen LogP contribution in [0.5, 0.6) is 0 Å². The van der Waals surface area contributed by atoms with Gasteiger partial charge in [0.15, 0.2) is 0 Å². The van der Waals surface area contributed by atoms with Gasteiger partial charge in [0.1, 0.15) is 5.54 Å². The number of nitrogens with zero attached hydrogens (tertiary/aromatic N) is 1. The minimum atomic E-state index is -1.35. The lowest BCUT2D eigenvalue weighted by Crippen LogP contribution is -2.69. The Hall–Kier alpha value is -3.32. The lowest BCUT2D eigenvalue weighted by atomic mass is 9.53. The number of amides is 2. The van der Waals surface area contributed by atoms with Crippen LogP contribution < -0.4 is 5.32 Å². The van der Waals surface area contributed by atoms with E-state index in [1.54, 1.807) is 6.92 Å². The van der Waals surface area contributed by atoms with E-state index >= 15 is 0 Å². The fraction of sp³-hybridized carbons (Fsp3) is 0.500. The highest BCUT2D eigenvalue weighted by molar-refractivity contribution is 5.91. The quantitative estimate of drug-likeness (QED) is 0.313. The van der Waals surface area contributed by atoms with Crippen molar-refractivity contribution in [3.05, 3.63) is 71.9 Å². The molecule has 1 heterocycles. The number of aliphatic hydroxyl groups excluding tert-OH is 1. The van der Waals surface area contributed by atoms with E-state index in [2.05, 4.69) is 10.3 Å². The van der Waals surface area contributed by atoms with Crippen molar-refractivity contribution in [3.63, 3.8) is 0 Å². The number of H-pyrrole nitrogens is 1. The fourth-order valence-corrected chi connectivity index (χ4v) is 8.31. The van der Waals surface area contributed by atoms with Crippen LogP contribution in [0.25, 0.3) is 10.9 Å². The molecule has 0 aliphatic heterocycles. The van der Waals surface area contributed by atoms with E-state index in [0.717, 1.165) is 47.7 Å². The van der Waals surface area contributed by atoms with Crippen LogP contribution in [0.15, 0.2) is 60.8 Å². The Bertz CT molecular complexity index is 1310. The summed E-state index contributed by atoms with van der Waals surface area (Å²) in [6, 6.07) is 17.0. The Kier molecular flexibility index (Phi) is 6.88. The molecule has 206 valence electrons. The number of aromatic amines is 1. The van der Waals surface area contributed by atoms with Gasteiger partial charge in [0.25, 0.3) is 0 Å². The molecule has 2 atom stereocenters. The van der Waals surface area contributed by atoms with E-state index in [4.69, 9.17) is 0 Å². The van der Waals surface area contributed by atoms with Gasteiger partial charge in [-0.1, -0.05) is 48.5 Å². The minimum absolute atomic E-state index is 0.169. The summed E-state index contributed by atoms with van der Waals surface area (Å²) in [5.74, 6) is 1.63. The van der Waals surface area contributed by atoms with E-state index < -0.39 is 17.7 Å². The van der Waals surface area contributed by atoms with Crippen molar-refractivity contribution in [2.75, 3.05) is 6.61 Å². The lowest BCUT2D eigenvalue weighted by Gasteiger charge is -2.59. The predicted molar refractivity (Wildman–Crippen MR) is 150 cm³/mol. The Morgan fingerprint density at radius 2 is 1.64 bits per heavy atom. The highest BCUT2D eigenvalue weighted by Crippen LogP contribution is 2.56. The largest absolute Gasteiger partial charge is 0.465 e. The summed E-state index contributed by atoms with van der Waals surface area (Å²) in [4.78, 5) is 32.4. The monoisotopic (exact) mass is 529 g/mol. The third-order valence-corrected chi connectivity index (χ3v) is 9.79. The van der Waals surface area contributed by atoms with Gasteiger partial charge in [0.05, 0.1) is 12.6 Å². The summed E-state index contributed by atoms with van der Waals surface area (Å²) in [6.07, 6.45) is 7.09. The van der Waals surface area contributed by atoms with E-state index in [1.807, 2.05) is 60.8 Å². The molecule has 7 heteroatoms. The van der Waals surface area contributed by atoms with E-state index in [0.29, 0.717) is 30.1 Å². The van der Waals surface area contributed by atoms with Crippen molar-refractivity contribution in [1.29, 1.82) is 0 Å². The molecule has 1 aromatic heterocycles. The third kappa shape index (κ3) is 4.82. The van der Waals surface area contributed by atoms with E-state index in [9.17, 15) is 19.8 Å². The molecule has 4 bridgehead atoms. The zero-order chi connectivity index (χ0) is 27.1. The Balaban J connectivity index is 1.36. The summed E-state index contributed by atoms with van der Waals surface area (Å²) in [5, 5.41) is 25.1. The average Bonchev–Trinajstić information content (AvgIpc) is 3.32. The van der Waals surface area contributed by atoms with Crippen LogP contribution in [0.4, 0.5) is 4.79 Å². The number of aromatic nitrogens is 1. The molecule has 0 spiro atoms. The number of para-hydroxylation sites is 1. The Labute approximate surface area is 229 Å². The van der Waals surface area contributed by atoms with Crippen LogP contribution in [-0.4, -0.2) is 56.3 Å². The normalized spacial score (nSPS) is 27.7. The number of aliphatic hydroxyl groups is 1. The molecule has 7 nitrogen and oxygen atoms in total. The molecule has 0 saturated heterocycles. The number of carbonyl (C=O) groups is 2. The van der Waals surface area contributed by atoms with Gasteiger partial charge in [-0.3, -0.25) is 9.69 Å². The second-order valence-electron chi connectivity index (χ2n) is 12.4. The second kappa shape index (κ2) is 10.3. The van der Waals surface area contributed by atoms with Crippen LogP contribution in [0.2, 0.25) is 0 Å². The average molecular weight is 530 g/mol. The van der Waals surface area contributed by atoms with Gasteiger partial charge in [-0.2, -0.15) is 0 Å². The van der Waals surface area contributed by atoms with Gasteiger partial charge in [0.2, 0.25) is 5.91 Å². The topological polar surface area (TPSA) is 106 Å². The molecule has 4 aliphatic rings. The first-order valence-electron chi connectivity index (χ1n) is 14.4. The molecule has 2 unspecified atom stereocenters. The second-order valence-corrected chi connectivity index (χ2v) is 12.4. The molecule has 2 aromatic carbocycles. The number of fused-ring (bicyclic) bond motifs is 1. The number of carboxylic acid groups (broad SMARTS) is 1. The molecular formula is C32H39N3O4. The zero-order valence-electron chi connectivity index (χ0n) is 22.6. The number of nitrogens with one attached hydrogen (secondary N) is 2. The molecule has 0 radical (unpaired) electrons. The van der Waals surface area contributed by atoms with Gasteiger partial charge in [-0.25, -0.2) is 4.79 Å². The lowest BCUT2D eigenvalue weighted by molar-refractivity contribution is -0.141. The maximum absolute atomic E-state index is 14.3. The Morgan fingerprint density at radius 3 is 2.28 bits per heavy atom. The van der Waals surface area contributed by atoms with Crippen LogP contribution in [0.3, 0.4) is 0 Å². The van der Waals surface area contributed by atoms with E-state index in [-0.39, 0.29) is 25.0 Å². The minimum Gasteiger partial charge on any atom is -0.465 e. The summed E-state index contributed by atoms with van der Waals surface area (Å²) in [5.41, 5.74) is 1.54. The van der Waals surface area contributed by atoms with Gasteiger partial charge in [0, 0.05) is 29.6 Å².